The number of rotatable bonds is 28. The third-order valence-electron chi connectivity index (χ3n) is 16.0. The minimum Gasteiger partial charge on any atom is -0.508 e. The molecule has 0 aliphatic carbocycles. The first-order valence-corrected chi connectivity index (χ1v) is 32.2. The zero-order chi connectivity index (χ0) is 66.9. The van der Waals surface area contributed by atoms with Crippen molar-refractivity contribution < 1.29 is 83.3 Å². The molecule has 5 rings (SSSR count). The van der Waals surface area contributed by atoms with Crippen LogP contribution in [0.15, 0.2) is 54.6 Å². The van der Waals surface area contributed by atoms with Gasteiger partial charge in [0.05, 0.1) is 43.1 Å². The number of nitrogens with one attached hydrogen (secondary N) is 9. The number of ether oxygens (including phenoxy) is 1. The van der Waals surface area contributed by atoms with Crippen molar-refractivity contribution in [2.45, 2.75) is 176 Å². The summed E-state index contributed by atoms with van der Waals surface area (Å²) in [6.07, 6.45) is -8.07. The summed E-state index contributed by atoms with van der Waals surface area (Å²) in [4.78, 5) is 140. The lowest BCUT2D eigenvalue weighted by molar-refractivity contribution is -0.142. The maximum atomic E-state index is 14.8. The van der Waals surface area contributed by atoms with E-state index < -0.39 is 157 Å². The quantitative estimate of drug-likeness (QED) is 0.0355. The van der Waals surface area contributed by atoms with Gasteiger partial charge in [-0.25, -0.2) is 0 Å². The van der Waals surface area contributed by atoms with Gasteiger partial charge in [-0.15, -0.1) is 0 Å². The van der Waals surface area contributed by atoms with E-state index in [9.17, 15) is 78.6 Å². The second kappa shape index (κ2) is 37.4. The number of benzene rings is 2. The summed E-state index contributed by atoms with van der Waals surface area (Å²) in [6.45, 7) is 3.80. The number of carbonyl (C=O) groups excluding carboxylic acids is 10. The molecule has 2 aromatic rings. The van der Waals surface area contributed by atoms with Gasteiger partial charge < -0.3 is 99.6 Å². The zero-order valence-corrected chi connectivity index (χ0v) is 52.7. The van der Waals surface area contributed by atoms with Crippen LogP contribution in [-0.4, -0.2) is 243 Å². The second-order valence-corrected chi connectivity index (χ2v) is 24.5. The van der Waals surface area contributed by atoms with Crippen molar-refractivity contribution in [3.05, 3.63) is 65.7 Å². The summed E-state index contributed by atoms with van der Waals surface area (Å²) in [5.74, 6) is -6.62. The van der Waals surface area contributed by atoms with Gasteiger partial charge in [0, 0.05) is 71.4 Å². The Bertz CT molecular complexity index is 2720. The molecule has 15 atom stereocenters. The highest BCUT2D eigenvalue weighted by Crippen LogP contribution is 2.26. The van der Waals surface area contributed by atoms with Gasteiger partial charge in [-0.3, -0.25) is 52.8 Å². The Morgan fingerprint density at radius 2 is 1.47 bits per heavy atom. The van der Waals surface area contributed by atoms with Crippen LogP contribution in [0, 0.1) is 5.92 Å². The van der Waals surface area contributed by atoms with Crippen molar-refractivity contribution in [3.8, 4) is 5.75 Å². The van der Waals surface area contributed by atoms with E-state index in [1.54, 1.807) is 37.3 Å². The number of phenols is 1. The van der Waals surface area contributed by atoms with Crippen molar-refractivity contribution in [3.63, 3.8) is 0 Å². The smallest absolute Gasteiger partial charge is 0.245 e. The number of aromatic hydroxyl groups is 1. The Kier molecular flexibility index (Phi) is 30.7. The number of amides is 10. The molecule has 15 unspecified atom stereocenters. The predicted octanol–water partition coefficient (Wildman–Crippen LogP) is -4.91. The van der Waals surface area contributed by atoms with Crippen molar-refractivity contribution in [1.29, 1.82) is 0 Å². The first-order chi connectivity index (χ1) is 43.4. The molecular weight excluding hydrogens is 1210 g/mol. The molecule has 0 aromatic heterocycles. The summed E-state index contributed by atoms with van der Waals surface area (Å²) in [7, 11) is 0. The highest BCUT2D eigenvalue weighted by Gasteiger charge is 2.45. The van der Waals surface area contributed by atoms with E-state index in [0.29, 0.717) is 24.1 Å². The Hall–Kier alpha value is -7.07. The van der Waals surface area contributed by atoms with Gasteiger partial charge in [0.1, 0.15) is 54.1 Å². The molecule has 506 valence electrons. The maximum absolute atomic E-state index is 14.8. The van der Waals surface area contributed by atoms with Crippen molar-refractivity contribution in [1.82, 2.24) is 57.7 Å². The van der Waals surface area contributed by atoms with Crippen LogP contribution in [0.4, 0.5) is 0 Å². The number of fused-ring (bicyclic) bond motifs is 2. The fourth-order valence-electron chi connectivity index (χ4n) is 11.0. The predicted molar refractivity (Wildman–Crippen MR) is 332 cm³/mol. The molecule has 3 fully saturated rings. The van der Waals surface area contributed by atoms with Crippen LogP contribution in [-0.2, 0) is 59.1 Å². The van der Waals surface area contributed by atoms with Crippen molar-refractivity contribution in [2.24, 2.45) is 17.4 Å². The summed E-state index contributed by atoms with van der Waals surface area (Å²) >= 11 is 1.48. The third kappa shape index (κ3) is 23.2. The van der Waals surface area contributed by atoms with Gasteiger partial charge in [0.2, 0.25) is 59.6 Å². The largest absolute Gasteiger partial charge is 0.508 e. The summed E-state index contributed by atoms with van der Waals surface area (Å²) in [5, 5.41) is 91.0. The number of aliphatic hydroxyl groups is 5. The lowest BCUT2D eigenvalue weighted by Crippen LogP contribution is -2.60. The average Bonchev–Trinajstić information content (AvgIpc) is 1.98. The van der Waals surface area contributed by atoms with Gasteiger partial charge in [-0.05, 0) is 73.3 Å². The molecule has 0 bridgehead atoms. The molecule has 91 heavy (non-hydrogen) atoms. The fourth-order valence-corrected chi connectivity index (χ4v) is 11.5. The van der Waals surface area contributed by atoms with Gasteiger partial charge >= 0.3 is 0 Å². The fraction of sp³-hybridized carbons (Fsp3) is 0.633. The average molecular weight is 1300 g/mol. The molecule has 3 aliphatic rings. The van der Waals surface area contributed by atoms with E-state index in [2.05, 4.69) is 47.9 Å². The number of thioether (sulfide) groups is 1. The Morgan fingerprint density at radius 3 is 2.13 bits per heavy atom. The van der Waals surface area contributed by atoms with Crippen LogP contribution >= 0.6 is 11.8 Å². The van der Waals surface area contributed by atoms with Gasteiger partial charge in [0.25, 0.3) is 0 Å². The number of aliphatic hydroxyl groups excluding tert-OH is 5. The van der Waals surface area contributed by atoms with E-state index in [1.165, 1.54) is 40.9 Å². The normalized spacial score (nSPS) is 25.5. The third-order valence-corrected chi connectivity index (χ3v) is 16.6. The number of phenolic OH excluding ortho intramolecular Hbond substituents is 1. The van der Waals surface area contributed by atoms with E-state index in [1.807, 2.05) is 20.1 Å². The Balaban J connectivity index is 1.38. The maximum Gasteiger partial charge on any atom is 0.245 e. The zero-order valence-electron chi connectivity index (χ0n) is 51.9. The molecule has 3 heterocycles. The van der Waals surface area contributed by atoms with Gasteiger partial charge in [-0.1, -0.05) is 63.2 Å². The van der Waals surface area contributed by atoms with Crippen LogP contribution in [0.5, 0.6) is 5.75 Å². The van der Waals surface area contributed by atoms with Crippen LogP contribution in [0.2, 0.25) is 0 Å². The van der Waals surface area contributed by atoms with E-state index in [4.69, 9.17) is 16.2 Å². The standard InChI is InChI=1S/C60H93N13O17S/c1-5-39-60(89)73-30-37(76)27-45(73)57(87)69-43(29-48(79)35-11-13-36(75)14-12-35)56(86)70-44(31-72-22-17-47(78)51(72)58(88)71-59(90-23-19-61)49(80)28-38(62)52(82)66-39)46(77)15-20-63-50(81)16-21-64-53(83)42(26-34-9-7-6-8-10-34)68-55(85)41(25-33(2)3)67-54(84)40(65-32-74)18-24-91-4/h6-14,32-33,37-49,51,59,75-80H,5,15-31,61-62H2,1-4H3,(H,63,81)(H,64,83)(H,65,74)(H,66,82)(H,67,84)(H,68,85)(H,69,87)(H,70,86)(H,71,88). The first kappa shape index (κ1) is 74.7. The van der Waals surface area contributed by atoms with Crippen LogP contribution in [0.1, 0.15) is 95.8 Å². The van der Waals surface area contributed by atoms with Crippen molar-refractivity contribution in [2.75, 3.05) is 57.9 Å². The molecule has 19 N–H and O–H groups in total. The van der Waals surface area contributed by atoms with E-state index in [-0.39, 0.29) is 108 Å². The number of carbonyl (C=O) groups is 10. The molecule has 10 amide bonds. The van der Waals surface area contributed by atoms with Crippen LogP contribution in [0.25, 0.3) is 0 Å². The molecule has 2 aromatic carbocycles. The number of nitrogens with zero attached hydrogens (tertiary/aromatic N) is 2. The first-order valence-electron chi connectivity index (χ1n) is 30.8. The van der Waals surface area contributed by atoms with Crippen LogP contribution in [0.3, 0.4) is 0 Å². The van der Waals surface area contributed by atoms with Gasteiger partial charge in [0.15, 0.2) is 6.23 Å². The number of hydrogen-bond acceptors (Lipinski definition) is 21. The SMILES string of the molecule is CCC1NC(=O)C(N)CC(O)C(OCCN)NC(=O)C2C(O)CCN2CC(C(O)CCNC(=O)CCNC(=O)C(Cc2ccccc2)NC(=O)C(CC(C)C)NC(=O)C(CCSC)NC=O)NC(=O)C(CC(O)c2ccc(O)cc2)NC(=O)C2CC(O)CN2C1=O. The highest BCUT2D eigenvalue weighted by molar-refractivity contribution is 7.98. The molecule has 0 saturated carbocycles. The summed E-state index contributed by atoms with van der Waals surface area (Å²) in [6, 6.07) is 2.30. The molecule has 31 heteroatoms. The lowest BCUT2D eigenvalue weighted by Gasteiger charge is -2.34. The summed E-state index contributed by atoms with van der Waals surface area (Å²) < 4.78 is 5.70. The van der Waals surface area contributed by atoms with Crippen LogP contribution < -0.4 is 59.3 Å². The molecule has 0 spiro atoms. The molecule has 3 aliphatic heterocycles. The van der Waals surface area contributed by atoms with E-state index in [0.717, 1.165) is 4.90 Å². The number of hydrogen-bond donors (Lipinski definition) is 17. The molecular formula is C60H93N13O17S. The lowest BCUT2D eigenvalue weighted by atomic mass is 9.99. The molecule has 3 saturated heterocycles. The second-order valence-electron chi connectivity index (χ2n) is 23.5. The minimum atomic E-state index is -1.68. The summed E-state index contributed by atoms with van der Waals surface area (Å²) in [5.41, 5.74) is 12.9. The topological polar surface area (TPSA) is 468 Å². The Morgan fingerprint density at radius 1 is 0.791 bits per heavy atom. The van der Waals surface area contributed by atoms with Gasteiger partial charge in [-0.2, -0.15) is 11.8 Å². The molecule has 30 nitrogen and oxygen atoms in total. The van der Waals surface area contributed by atoms with Crippen molar-refractivity contribution >= 4 is 71.3 Å². The van der Waals surface area contributed by atoms with E-state index >= 15 is 0 Å². The monoisotopic (exact) mass is 1300 g/mol. The highest BCUT2D eigenvalue weighted by atomic mass is 32.2. The minimum absolute atomic E-state index is 0.000994. The number of nitrogens with two attached hydrogens (primary N) is 2. The Labute approximate surface area is 533 Å². The molecule has 0 radical (unpaired) electrons.